The molecule has 0 aliphatic rings. The average Bonchev–Trinajstić information content (AvgIpc) is 3.25. The smallest absolute Gasteiger partial charge is 0.234 e. The number of para-hydroxylation sites is 1. The molecule has 1 heterocycles. The molecule has 0 fully saturated rings. The van der Waals surface area contributed by atoms with Crippen LogP contribution in [0.1, 0.15) is 5.82 Å². The number of rotatable bonds is 9. The van der Waals surface area contributed by atoms with E-state index in [-0.39, 0.29) is 18.3 Å². The summed E-state index contributed by atoms with van der Waals surface area (Å²) in [5, 5.41) is 12.1. The molecule has 3 aromatic carbocycles. The third-order valence-electron chi connectivity index (χ3n) is 4.58. The van der Waals surface area contributed by atoms with Crippen molar-refractivity contribution in [3.63, 3.8) is 0 Å². The highest BCUT2D eigenvalue weighted by atomic mass is 79.9. The third kappa shape index (κ3) is 6.15. The largest absolute Gasteiger partial charge is 0.497 e. The van der Waals surface area contributed by atoms with Crippen molar-refractivity contribution in [1.29, 1.82) is 0 Å². The number of ether oxygens (including phenoxy) is 2. The summed E-state index contributed by atoms with van der Waals surface area (Å²) in [6, 6.07) is 24.5. The standard InChI is InChI=1S/C24H21BrN4O3S/c1-31-20-12-10-19(11-13-20)29-22(15-32-21-8-3-2-4-9-21)27-28-24(29)33-16-23(30)26-18-7-5-6-17(25)14-18/h2-14H,15-16H2,1H3,(H,26,30). The first kappa shape index (κ1) is 22.9. The van der Waals surface area contributed by atoms with Crippen molar-refractivity contribution in [2.75, 3.05) is 18.2 Å². The van der Waals surface area contributed by atoms with E-state index in [2.05, 4.69) is 31.4 Å². The van der Waals surface area contributed by atoms with E-state index in [1.807, 2.05) is 83.4 Å². The number of benzene rings is 3. The molecule has 0 saturated carbocycles. The SMILES string of the molecule is COc1ccc(-n2c(COc3ccccc3)nnc2SCC(=O)Nc2cccc(Br)c2)cc1. The van der Waals surface area contributed by atoms with Gasteiger partial charge in [-0.1, -0.05) is 52.0 Å². The maximum absolute atomic E-state index is 12.5. The van der Waals surface area contributed by atoms with Gasteiger partial charge in [0.15, 0.2) is 11.0 Å². The number of halogens is 1. The van der Waals surface area contributed by atoms with Gasteiger partial charge in [-0.25, -0.2) is 0 Å². The Morgan fingerprint density at radius 2 is 1.79 bits per heavy atom. The zero-order chi connectivity index (χ0) is 23.0. The van der Waals surface area contributed by atoms with Gasteiger partial charge in [0.25, 0.3) is 0 Å². The van der Waals surface area contributed by atoms with Crippen LogP contribution in [0.4, 0.5) is 5.69 Å². The zero-order valence-electron chi connectivity index (χ0n) is 17.8. The second kappa shape index (κ2) is 11.0. The summed E-state index contributed by atoms with van der Waals surface area (Å²) >= 11 is 4.71. The number of amides is 1. The number of anilines is 1. The summed E-state index contributed by atoms with van der Waals surface area (Å²) in [7, 11) is 1.62. The predicted molar refractivity (Wildman–Crippen MR) is 132 cm³/mol. The number of hydrogen-bond donors (Lipinski definition) is 1. The van der Waals surface area contributed by atoms with Crippen LogP contribution in [0.2, 0.25) is 0 Å². The summed E-state index contributed by atoms with van der Waals surface area (Å²) in [6.45, 7) is 0.230. The second-order valence-corrected chi connectivity index (χ2v) is 8.74. The molecule has 1 N–H and O–H groups in total. The molecule has 0 aliphatic heterocycles. The lowest BCUT2D eigenvalue weighted by molar-refractivity contribution is -0.113. The molecule has 0 saturated heterocycles. The van der Waals surface area contributed by atoms with Crippen LogP contribution >= 0.6 is 27.7 Å². The molecule has 7 nitrogen and oxygen atoms in total. The van der Waals surface area contributed by atoms with Gasteiger partial charge in [-0.2, -0.15) is 0 Å². The fraction of sp³-hybridized carbons (Fsp3) is 0.125. The molecule has 168 valence electrons. The first-order chi connectivity index (χ1) is 16.1. The normalized spacial score (nSPS) is 10.6. The van der Waals surface area contributed by atoms with Gasteiger partial charge in [0, 0.05) is 15.8 Å². The number of carbonyl (C=O) groups excluding carboxylic acids is 1. The molecule has 0 radical (unpaired) electrons. The second-order valence-electron chi connectivity index (χ2n) is 6.88. The molecule has 9 heteroatoms. The Morgan fingerprint density at radius 3 is 2.52 bits per heavy atom. The van der Waals surface area contributed by atoms with Crippen molar-refractivity contribution >= 4 is 39.3 Å². The van der Waals surface area contributed by atoms with E-state index in [1.54, 1.807) is 7.11 Å². The van der Waals surface area contributed by atoms with Crippen molar-refractivity contribution in [3.05, 3.63) is 89.2 Å². The summed E-state index contributed by atoms with van der Waals surface area (Å²) in [5.74, 6) is 2.16. The van der Waals surface area contributed by atoms with E-state index in [0.717, 1.165) is 27.3 Å². The number of hydrogen-bond acceptors (Lipinski definition) is 6. The Bertz CT molecular complexity index is 1220. The average molecular weight is 525 g/mol. The lowest BCUT2D eigenvalue weighted by atomic mass is 10.3. The van der Waals surface area contributed by atoms with Crippen molar-refractivity contribution in [2.45, 2.75) is 11.8 Å². The van der Waals surface area contributed by atoms with Gasteiger partial charge in [0.2, 0.25) is 5.91 Å². The molecule has 0 spiro atoms. The number of nitrogens with one attached hydrogen (secondary N) is 1. The zero-order valence-corrected chi connectivity index (χ0v) is 20.2. The summed E-state index contributed by atoms with van der Waals surface area (Å²) in [5.41, 5.74) is 1.57. The minimum Gasteiger partial charge on any atom is -0.497 e. The molecular weight excluding hydrogens is 504 g/mol. The first-order valence-corrected chi connectivity index (χ1v) is 11.8. The van der Waals surface area contributed by atoms with Crippen molar-refractivity contribution < 1.29 is 14.3 Å². The molecule has 4 aromatic rings. The Hall–Kier alpha value is -3.30. The van der Waals surface area contributed by atoms with Crippen LogP contribution < -0.4 is 14.8 Å². The van der Waals surface area contributed by atoms with Crippen molar-refractivity contribution in [2.24, 2.45) is 0 Å². The van der Waals surface area contributed by atoms with Gasteiger partial charge in [0.05, 0.1) is 12.9 Å². The molecule has 0 atom stereocenters. The maximum Gasteiger partial charge on any atom is 0.234 e. The molecule has 1 amide bonds. The minimum absolute atomic E-state index is 0.135. The third-order valence-corrected chi connectivity index (χ3v) is 6.01. The number of carbonyl (C=O) groups is 1. The number of thioether (sulfide) groups is 1. The van der Waals surface area contributed by atoms with Gasteiger partial charge in [-0.15, -0.1) is 10.2 Å². The number of aromatic nitrogens is 3. The molecular formula is C24H21BrN4O3S. The Morgan fingerprint density at radius 1 is 1.00 bits per heavy atom. The van der Waals surface area contributed by atoms with E-state index in [1.165, 1.54) is 11.8 Å². The van der Waals surface area contributed by atoms with Gasteiger partial charge in [0.1, 0.15) is 18.1 Å². The maximum atomic E-state index is 12.5. The minimum atomic E-state index is -0.135. The monoisotopic (exact) mass is 524 g/mol. The van der Waals surface area contributed by atoms with Crippen LogP contribution in [0.25, 0.3) is 5.69 Å². The van der Waals surface area contributed by atoms with Crippen molar-refractivity contribution in [3.8, 4) is 17.2 Å². The molecule has 0 aliphatic carbocycles. The fourth-order valence-corrected chi connectivity index (χ4v) is 4.21. The Balaban J connectivity index is 1.52. The fourth-order valence-electron chi connectivity index (χ4n) is 3.04. The van der Waals surface area contributed by atoms with E-state index >= 15 is 0 Å². The molecule has 33 heavy (non-hydrogen) atoms. The van der Waals surface area contributed by atoms with E-state index < -0.39 is 0 Å². The van der Waals surface area contributed by atoms with Gasteiger partial charge < -0.3 is 14.8 Å². The first-order valence-electron chi connectivity index (χ1n) is 10.1. The quantitative estimate of drug-likeness (QED) is 0.297. The lowest BCUT2D eigenvalue weighted by Gasteiger charge is -2.12. The molecule has 4 rings (SSSR count). The Kier molecular flexibility index (Phi) is 7.64. The molecule has 0 bridgehead atoms. The van der Waals surface area contributed by atoms with Gasteiger partial charge in [-0.05, 0) is 54.6 Å². The topological polar surface area (TPSA) is 78.3 Å². The van der Waals surface area contributed by atoms with Crippen LogP contribution in [-0.2, 0) is 11.4 Å². The summed E-state index contributed by atoms with van der Waals surface area (Å²) in [6.07, 6.45) is 0. The van der Waals surface area contributed by atoms with E-state index in [4.69, 9.17) is 9.47 Å². The van der Waals surface area contributed by atoms with Crippen LogP contribution in [0.5, 0.6) is 11.5 Å². The predicted octanol–water partition coefficient (Wildman–Crippen LogP) is 5.35. The van der Waals surface area contributed by atoms with Crippen LogP contribution in [0.3, 0.4) is 0 Å². The van der Waals surface area contributed by atoms with E-state index in [9.17, 15) is 4.79 Å². The summed E-state index contributed by atoms with van der Waals surface area (Å²) in [4.78, 5) is 12.5. The van der Waals surface area contributed by atoms with Gasteiger partial charge >= 0.3 is 0 Å². The lowest BCUT2D eigenvalue weighted by Crippen LogP contribution is -2.14. The van der Waals surface area contributed by atoms with E-state index in [0.29, 0.717) is 11.0 Å². The highest BCUT2D eigenvalue weighted by molar-refractivity contribution is 9.10. The Labute approximate surface area is 204 Å². The molecule has 0 unspecified atom stereocenters. The number of methoxy groups -OCH3 is 1. The highest BCUT2D eigenvalue weighted by Gasteiger charge is 2.17. The van der Waals surface area contributed by atoms with Crippen LogP contribution in [-0.4, -0.2) is 33.5 Å². The molecule has 1 aromatic heterocycles. The van der Waals surface area contributed by atoms with Crippen molar-refractivity contribution in [1.82, 2.24) is 14.8 Å². The van der Waals surface area contributed by atoms with Crippen LogP contribution in [0.15, 0.2) is 88.5 Å². The number of nitrogens with zero attached hydrogens (tertiary/aromatic N) is 3. The van der Waals surface area contributed by atoms with Gasteiger partial charge in [-0.3, -0.25) is 9.36 Å². The highest BCUT2D eigenvalue weighted by Crippen LogP contribution is 2.25. The van der Waals surface area contributed by atoms with Crippen LogP contribution in [0, 0.1) is 0 Å². The summed E-state index contributed by atoms with van der Waals surface area (Å²) < 4.78 is 13.9.